The molecule has 2 rings (SSSR count). The molecule has 0 aliphatic heterocycles. The molecule has 0 N–H and O–H groups in total. The number of nitro groups is 1. The van der Waals surface area contributed by atoms with E-state index in [0.29, 0.717) is 6.61 Å². The maximum Gasteiger partial charge on any atom is 0.269 e. The van der Waals surface area contributed by atoms with Crippen LogP contribution in [-0.2, 0) is 10.3 Å². The Balaban J connectivity index is 2.45. The summed E-state index contributed by atoms with van der Waals surface area (Å²) in [7, 11) is 0. The van der Waals surface area contributed by atoms with Gasteiger partial charge in [0.25, 0.3) is 5.69 Å². The van der Waals surface area contributed by atoms with E-state index in [9.17, 15) is 10.1 Å². The molecule has 20 heavy (non-hydrogen) atoms. The Bertz CT molecular complexity index is 580. The van der Waals surface area contributed by atoms with Crippen LogP contribution >= 0.6 is 0 Å². The Morgan fingerprint density at radius 1 is 1.05 bits per heavy atom. The van der Waals surface area contributed by atoms with E-state index in [2.05, 4.69) is 0 Å². The molecule has 0 heterocycles. The largest absolute Gasteiger partial charge is 0.366 e. The first kappa shape index (κ1) is 14.2. The molecule has 104 valence electrons. The molecule has 0 fully saturated rings. The molecule has 0 aromatic heterocycles. The molecule has 0 saturated carbocycles. The van der Waals surface area contributed by atoms with E-state index in [1.165, 1.54) is 12.1 Å². The van der Waals surface area contributed by atoms with Crippen LogP contribution in [0.25, 0.3) is 0 Å². The Hall–Kier alpha value is -2.20. The van der Waals surface area contributed by atoms with Gasteiger partial charge in [0.05, 0.1) is 4.92 Å². The van der Waals surface area contributed by atoms with E-state index in [1.807, 2.05) is 44.2 Å². The second-order valence-electron chi connectivity index (χ2n) is 4.64. The predicted octanol–water partition coefficient (Wildman–Crippen LogP) is 3.89. The minimum Gasteiger partial charge on any atom is -0.366 e. The lowest BCUT2D eigenvalue weighted by Crippen LogP contribution is -2.27. The smallest absolute Gasteiger partial charge is 0.269 e. The highest BCUT2D eigenvalue weighted by atomic mass is 16.6. The Morgan fingerprint density at radius 2 is 1.60 bits per heavy atom. The number of hydrogen-bond donors (Lipinski definition) is 0. The number of hydrogen-bond acceptors (Lipinski definition) is 3. The molecule has 0 aliphatic carbocycles. The molecule has 1 unspecified atom stereocenters. The monoisotopic (exact) mass is 271 g/mol. The van der Waals surface area contributed by atoms with Gasteiger partial charge in [0.1, 0.15) is 5.60 Å². The summed E-state index contributed by atoms with van der Waals surface area (Å²) >= 11 is 0. The lowest BCUT2D eigenvalue weighted by Gasteiger charge is -2.30. The van der Waals surface area contributed by atoms with Crippen molar-refractivity contribution in [1.82, 2.24) is 0 Å². The van der Waals surface area contributed by atoms with Crippen molar-refractivity contribution in [3.63, 3.8) is 0 Å². The van der Waals surface area contributed by atoms with E-state index in [1.54, 1.807) is 12.1 Å². The van der Waals surface area contributed by atoms with Gasteiger partial charge in [-0.2, -0.15) is 0 Å². The third kappa shape index (κ3) is 2.70. The number of rotatable bonds is 5. The van der Waals surface area contributed by atoms with Crippen molar-refractivity contribution in [3.8, 4) is 0 Å². The summed E-state index contributed by atoms with van der Waals surface area (Å²) in [5.74, 6) is 0. The van der Waals surface area contributed by atoms with E-state index in [0.717, 1.165) is 11.1 Å². The van der Waals surface area contributed by atoms with Crippen LogP contribution in [0, 0.1) is 10.1 Å². The van der Waals surface area contributed by atoms with Crippen LogP contribution in [0.2, 0.25) is 0 Å². The van der Waals surface area contributed by atoms with Crippen molar-refractivity contribution in [3.05, 3.63) is 75.8 Å². The van der Waals surface area contributed by atoms with Gasteiger partial charge in [-0.05, 0) is 37.1 Å². The van der Waals surface area contributed by atoms with Crippen LogP contribution in [0.15, 0.2) is 54.6 Å². The summed E-state index contributed by atoms with van der Waals surface area (Å²) in [4.78, 5) is 10.3. The normalized spacial score (nSPS) is 13.7. The molecular weight excluding hydrogens is 254 g/mol. The summed E-state index contributed by atoms with van der Waals surface area (Å²) in [5, 5.41) is 10.7. The van der Waals surface area contributed by atoms with Crippen LogP contribution in [0.5, 0.6) is 0 Å². The third-order valence-corrected chi connectivity index (χ3v) is 3.39. The quantitative estimate of drug-likeness (QED) is 0.612. The van der Waals surface area contributed by atoms with Gasteiger partial charge in [-0.25, -0.2) is 0 Å². The summed E-state index contributed by atoms with van der Waals surface area (Å²) in [6.45, 7) is 4.47. The molecule has 0 amide bonds. The highest BCUT2D eigenvalue weighted by Crippen LogP contribution is 2.33. The van der Waals surface area contributed by atoms with Crippen LogP contribution in [0.1, 0.15) is 25.0 Å². The van der Waals surface area contributed by atoms with Gasteiger partial charge >= 0.3 is 0 Å². The van der Waals surface area contributed by atoms with Gasteiger partial charge in [-0.3, -0.25) is 10.1 Å². The molecule has 0 bridgehead atoms. The lowest BCUT2D eigenvalue weighted by atomic mass is 9.88. The van der Waals surface area contributed by atoms with Crippen molar-refractivity contribution in [1.29, 1.82) is 0 Å². The molecular formula is C16H17NO3. The first-order valence-electron chi connectivity index (χ1n) is 6.52. The fourth-order valence-corrected chi connectivity index (χ4v) is 2.28. The molecule has 2 aromatic rings. The topological polar surface area (TPSA) is 52.4 Å². The summed E-state index contributed by atoms with van der Waals surface area (Å²) in [5.41, 5.74) is 1.40. The second-order valence-corrected chi connectivity index (χ2v) is 4.64. The molecule has 0 spiro atoms. The van der Waals surface area contributed by atoms with E-state index in [4.69, 9.17) is 4.74 Å². The minimum absolute atomic E-state index is 0.0839. The second kappa shape index (κ2) is 5.84. The molecule has 0 radical (unpaired) electrons. The number of ether oxygens (including phenoxy) is 1. The van der Waals surface area contributed by atoms with Crippen molar-refractivity contribution < 1.29 is 9.66 Å². The number of nitro benzene ring substituents is 1. The predicted molar refractivity (Wildman–Crippen MR) is 77.6 cm³/mol. The zero-order valence-corrected chi connectivity index (χ0v) is 11.6. The van der Waals surface area contributed by atoms with Crippen LogP contribution < -0.4 is 0 Å². The van der Waals surface area contributed by atoms with Gasteiger partial charge in [0, 0.05) is 18.7 Å². The van der Waals surface area contributed by atoms with E-state index < -0.39 is 10.5 Å². The summed E-state index contributed by atoms with van der Waals surface area (Å²) in [6.07, 6.45) is 0. The zero-order valence-electron chi connectivity index (χ0n) is 11.6. The fourth-order valence-electron chi connectivity index (χ4n) is 2.28. The van der Waals surface area contributed by atoms with Crippen molar-refractivity contribution in [2.45, 2.75) is 19.4 Å². The van der Waals surface area contributed by atoms with Crippen LogP contribution in [-0.4, -0.2) is 11.5 Å². The number of nitrogens with zero attached hydrogens (tertiary/aromatic N) is 1. The van der Waals surface area contributed by atoms with Gasteiger partial charge in [0.2, 0.25) is 0 Å². The van der Waals surface area contributed by atoms with E-state index in [-0.39, 0.29) is 5.69 Å². The van der Waals surface area contributed by atoms with Crippen LogP contribution in [0.4, 0.5) is 5.69 Å². The fraction of sp³-hybridized carbons (Fsp3) is 0.250. The third-order valence-electron chi connectivity index (χ3n) is 3.39. The maximum atomic E-state index is 10.7. The SMILES string of the molecule is CCOC(C)(c1ccccc1)c1ccc([N+](=O)[O-])cc1. The number of non-ortho nitro benzene ring substituents is 1. The average molecular weight is 271 g/mol. The van der Waals surface area contributed by atoms with Gasteiger partial charge in [-0.1, -0.05) is 30.3 Å². The first-order valence-corrected chi connectivity index (χ1v) is 6.52. The Labute approximate surface area is 118 Å². The maximum absolute atomic E-state index is 10.7. The minimum atomic E-state index is -0.606. The van der Waals surface area contributed by atoms with Gasteiger partial charge < -0.3 is 4.74 Å². The Morgan fingerprint density at radius 3 is 2.10 bits per heavy atom. The molecule has 1 atom stereocenters. The molecule has 2 aromatic carbocycles. The van der Waals surface area contributed by atoms with E-state index >= 15 is 0 Å². The van der Waals surface area contributed by atoms with Crippen molar-refractivity contribution in [2.75, 3.05) is 6.61 Å². The summed E-state index contributed by atoms with van der Waals surface area (Å²) < 4.78 is 5.93. The van der Waals surface area contributed by atoms with Crippen molar-refractivity contribution in [2.24, 2.45) is 0 Å². The van der Waals surface area contributed by atoms with Gasteiger partial charge in [0.15, 0.2) is 0 Å². The average Bonchev–Trinajstić information content (AvgIpc) is 2.48. The van der Waals surface area contributed by atoms with Crippen molar-refractivity contribution >= 4 is 5.69 Å². The molecule has 0 aliphatic rings. The lowest BCUT2D eigenvalue weighted by molar-refractivity contribution is -0.384. The molecule has 0 saturated heterocycles. The Kier molecular flexibility index (Phi) is 4.15. The molecule has 4 heteroatoms. The highest BCUT2D eigenvalue weighted by Gasteiger charge is 2.29. The van der Waals surface area contributed by atoms with Crippen LogP contribution in [0.3, 0.4) is 0 Å². The summed E-state index contributed by atoms with van der Waals surface area (Å²) in [6, 6.07) is 16.4. The highest BCUT2D eigenvalue weighted by molar-refractivity contribution is 5.40. The standard InChI is InChI=1S/C16H17NO3/c1-3-20-16(2,13-7-5-4-6-8-13)14-9-11-15(12-10-14)17(18)19/h4-12H,3H2,1-2H3. The zero-order chi connectivity index (χ0) is 14.6. The van der Waals surface area contributed by atoms with Gasteiger partial charge in [-0.15, -0.1) is 0 Å². The number of benzene rings is 2. The first-order chi connectivity index (χ1) is 9.58. The molecule has 4 nitrogen and oxygen atoms in total.